The van der Waals surface area contributed by atoms with Crippen molar-refractivity contribution in [1.29, 1.82) is 0 Å². The van der Waals surface area contributed by atoms with Gasteiger partial charge in [0, 0.05) is 6.61 Å². The molecule has 0 saturated heterocycles. The van der Waals surface area contributed by atoms with Gasteiger partial charge in [-0.3, -0.25) is 0 Å². The molecule has 0 spiro atoms. The van der Waals surface area contributed by atoms with E-state index in [1.807, 2.05) is 32.0 Å². The quantitative estimate of drug-likeness (QED) is 0.793. The van der Waals surface area contributed by atoms with Crippen molar-refractivity contribution >= 4 is 5.97 Å². The highest BCUT2D eigenvalue weighted by Crippen LogP contribution is 2.23. The van der Waals surface area contributed by atoms with Gasteiger partial charge in [0.2, 0.25) is 0 Å². The fourth-order valence-electron chi connectivity index (χ4n) is 1.56. The van der Waals surface area contributed by atoms with Crippen molar-refractivity contribution in [3.05, 3.63) is 35.4 Å². The summed E-state index contributed by atoms with van der Waals surface area (Å²) < 4.78 is 4.72. The van der Waals surface area contributed by atoms with E-state index in [0.29, 0.717) is 12.0 Å². The van der Waals surface area contributed by atoms with Crippen molar-refractivity contribution in [2.75, 3.05) is 13.7 Å². The molecule has 1 N–H and O–H groups in total. The minimum Gasteiger partial charge on any atom is -0.465 e. The highest BCUT2D eigenvalue weighted by molar-refractivity contribution is 5.91. The third kappa shape index (κ3) is 3.07. The van der Waals surface area contributed by atoms with E-state index in [-0.39, 0.29) is 18.0 Å². The average Bonchev–Trinajstić information content (AvgIpc) is 2.28. The number of aliphatic hydroxyl groups excluding tert-OH is 1. The Balaban J connectivity index is 3.00. The van der Waals surface area contributed by atoms with Crippen molar-refractivity contribution in [3.63, 3.8) is 0 Å². The van der Waals surface area contributed by atoms with E-state index in [4.69, 9.17) is 4.74 Å². The summed E-state index contributed by atoms with van der Waals surface area (Å²) in [5.74, 6) is -0.329. The molecule has 3 nitrogen and oxygen atoms in total. The summed E-state index contributed by atoms with van der Waals surface area (Å²) in [7, 11) is 1.37. The van der Waals surface area contributed by atoms with Gasteiger partial charge in [-0.05, 0) is 23.5 Å². The van der Waals surface area contributed by atoms with Crippen molar-refractivity contribution < 1.29 is 14.6 Å². The van der Waals surface area contributed by atoms with Gasteiger partial charge in [0.1, 0.15) is 0 Å². The first-order valence-corrected chi connectivity index (χ1v) is 5.27. The Morgan fingerprint density at radius 3 is 2.56 bits per heavy atom. The SMILES string of the molecule is COC(=O)c1ccccc1CC(C)(C)CO. The van der Waals surface area contributed by atoms with Gasteiger partial charge in [-0.25, -0.2) is 4.79 Å². The number of benzene rings is 1. The first-order chi connectivity index (χ1) is 7.50. The Labute approximate surface area is 96.1 Å². The molecule has 1 rings (SSSR count). The molecule has 0 aliphatic heterocycles. The Bertz CT molecular complexity index is 369. The average molecular weight is 222 g/mol. The molecule has 0 unspecified atom stereocenters. The van der Waals surface area contributed by atoms with Crippen LogP contribution < -0.4 is 0 Å². The Morgan fingerprint density at radius 1 is 1.38 bits per heavy atom. The molecular formula is C13H18O3. The molecule has 3 heteroatoms. The largest absolute Gasteiger partial charge is 0.465 e. The molecule has 88 valence electrons. The number of aliphatic hydroxyl groups is 1. The molecule has 0 heterocycles. The first-order valence-electron chi connectivity index (χ1n) is 5.27. The van der Waals surface area contributed by atoms with Crippen molar-refractivity contribution in [2.45, 2.75) is 20.3 Å². The molecule has 0 aliphatic rings. The molecule has 0 atom stereocenters. The molecule has 0 saturated carbocycles. The molecule has 0 radical (unpaired) electrons. The lowest BCUT2D eigenvalue weighted by atomic mass is 9.85. The van der Waals surface area contributed by atoms with E-state index in [2.05, 4.69) is 0 Å². The van der Waals surface area contributed by atoms with E-state index >= 15 is 0 Å². The van der Waals surface area contributed by atoms with Crippen molar-refractivity contribution in [1.82, 2.24) is 0 Å². The van der Waals surface area contributed by atoms with Gasteiger partial charge in [0.25, 0.3) is 0 Å². The highest BCUT2D eigenvalue weighted by Gasteiger charge is 2.20. The Hall–Kier alpha value is -1.35. The second-order valence-electron chi connectivity index (χ2n) is 4.65. The van der Waals surface area contributed by atoms with Crippen molar-refractivity contribution in [3.8, 4) is 0 Å². The molecule has 0 bridgehead atoms. The maximum atomic E-state index is 11.5. The number of hydrogen-bond donors (Lipinski definition) is 1. The summed E-state index contributed by atoms with van der Waals surface area (Å²) in [6, 6.07) is 7.33. The van der Waals surface area contributed by atoms with E-state index in [1.54, 1.807) is 6.07 Å². The van der Waals surface area contributed by atoms with Crippen LogP contribution in [-0.4, -0.2) is 24.8 Å². The lowest BCUT2D eigenvalue weighted by Gasteiger charge is -2.22. The van der Waals surface area contributed by atoms with Gasteiger partial charge in [0.15, 0.2) is 0 Å². The predicted molar refractivity (Wildman–Crippen MR) is 62.4 cm³/mol. The van der Waals surface area contributed by atoms with Crippen LogP contribution in [0, 0.1) is 5.41 Å². The zero-order valence-corrected chi connectivity index (χ0v) is 9.99. The predicted octanol–water partition coefficient (Wildman–Crippen LogP) is 2.03. The zero-order valence-electron chi connectivity index (χ0n) is 9.99. The maximum Gasteiger partial charge on any atom is 0.338 e. The van der Waals surface area contributed by atoms with Crippen LogP contribution in [0.4, 0.5) is 0 Å². The molecule has 1 aromatic carbocycles. The van der Waals surface area contributed by atoms with Gasteiger partial charge in [-0.1, -0.05) is 32.0 Å². The smallest absolute Gasteiger partial charge is 0.338 e. The second kappa shape index (κ2) is 5.12. The summed E-state index contributed by atoms with van der Waals surface area (Å²) in [6.07, 6.45) is 0.648. The summed E-state index contributed by atoms with van der Waals surface area (Å²) in [4.78, 5) is 11.5. The minimum absolute atomic E-state index is 0.0858. The van der Waals surface area contributed by atoms with Gasteiger partial charge in [-0.2, -0.15) is 0 Å². The number of esters is 1. The summed E-state index contributed by atoms with van der Waals surface area (Å²) in [5.41, 5.74) is 1.25. The number of rotatable bonds is 4. The number of carbonyl (C=O) groups excluding carboxylic acids is 1. The van der Waals surface area contributed by atoms with Crippen molar-refractivity contribution in [2.24, 2.45) is 5.41 Å². The van der Waals surface area contributed by atoms with Crippen LogP contribution in [0.1, 0.15) is 29.8 Å². The van der Waals surface area contributed by atoms with E-state index in [1.165, 1.54) is 7.11 Å². The molecule has 0 aliphatic carbocycles. The van der Waals surface area contributed by atoms with E-state index in [9.17, 15) is 9.90 Å². The number of hydrogen-bond acceptors (Lipinski definition) is 3. The van der Waals surface area contributed by atoms with Gasteiger partial charge in [-0.15, -0.1) is 0 Å². The molecule has 0 aromatic heterocycles. The van der Waals surface area contributed by atoms with Crippen LogP contribution in [0.2, 0.25) is 0 Å². The Kier molecular flexibility index (Phi) is 4.07. The van der Waals surface area contributed by atoms with Crippen LogP contribution in [0.5, 0.6) is 0 Å². The summed E-state index contributed by atoms with van der Waals surface area (Å²) in [5, 5.41) is 9.23. The molecular weight excluding hydrogens is 204 g/mol. The lowest BCUT2D eigenvalue weighted by Crippen LogP contribution is -2.21. The third-order valence-electron chi connectivity index (χ3n) is 2.52. The third-order valence-corrected chi connectivity index (χ3v) is 2.52. The second-order valence-corrected chi connectivity index (χ2v) is 4.65. The standard InChI is InChI=1S/C13H18O3/c1-13(2,9-14)8-10-6-4-5-7-11(10)12(15)16-3/h4-7,14H,8-9H2,1-3H3. The van der Waals surface area contributed by atoms with Crippen LogP contribution >= 0.6 is 0 Å². The highest BCUT2D eigenvalue weighted by atomic mass is 16.5. The van der Waals surface area contributed by atoms with Gasteiger partial charge >= 0.3 is 5.97 Å². The Morgan fingerprint density at radius 2 is 2.00 bits per heavy atom. The molecule has 1 aromatic rings. The van der Waals surface area contributed by atoms with Crippen LogP contribution in [0.25, 0.3) is 0 Å². The van der Waals surface area contributed by atoms with Gasteiger partial charge < -0.3 is 9.84 Å². The number of ether oxygens (including phenoxy) is 1. The van der Waals surface area contributed by atoms with Crippen LogP contribution in [0.3, 0.4) is 0 Å². The van der Waals surface area contributed by atoms with Crippen LogP contribution in [0.15, 0.2) is 24.3 Å². The normalized spacial score (nSPS) is 11.2. The number of methoxy groups -OCH3 is 1. The topological polar surface area (TPSA) is 46.5 Å². The van der Waals surface area contributed by atoms with E-state index < -0.39 is 0 Å². The zero-order chi connectivity index (χ0) is 12.2. The lowest BCUT2D eigenvalue weighted by molar-refractivity contribution is 0.0598. The van der Waals surface area contributed by atoms with Gasteiger partial charge in [0.05, 0.1) is 12.7 Å². The number of carbonyl (C=O) groups is 1. The van der Waals surface area contributed by atoms with E-state index in [0.717, 1.165) is 5.56 Å². The summed E-state index contributed by atoms with van der Waals surface area (Å²) in [6.45, 7) is 4.00. The first kappa shape index (κ1) is 12.7. The molecule has 0 fully saturated rings. The van der Waals surface area contributed by atoms with Crippen LogP contribution in [-0.2, 0) is 11.2 Å². The minimum atomic E-state index is -0.329. The summed E-state index contributed by atoms with van der Waals surface area (Å²) >= 11 is 0. The monoisotopic (exact) mass is 222 g/mol. The molecule has 0 amide bonds. The maximum absolute atomic E-state index is 11.5. The fraction of sp³-hybridized carbons (Fsp3) is 0.462. The molecule has 16 heavy (non-hydrogen) atoms. The fourth-order valence-corrected chi connectivity index (χ4v) is 1.56.